The number of benzene rings is 2. The molecule has 0 radical (unpaired) electrons. The van der Waals surface area contributed by atoms with Crippen LogP contribution in [0.15, 0.2) is 47.0 Å². The number of amides is 1. The first-order valence-electron chi connectivity index (χ1n) is 10.9. The first kappa shape index (κ1) is 21.1. The van der Waals surface area contributed by atoms with Crippen molar-refractivity contribution in [3.8, 4) is 22.8 Å². The number of rotatable bonds is 5. The summed E-state index contributed by atoms with van der Waals surface area (Å²) in [6.45, 7) is 5.33. The Hall–Kier alpha value is -3.81. The third-order valence-corrected chi connectivity index (χ3v) is 6.01. The van der Waals surface area contributed by atoms with Crippen LogP contribution in [0.2, 0.25) is 0 Å². The molecule has 2 aromatic carbocycles. The molecular formula is C25H24N2O6. The average molecular weight is 448 g/mol. The van der Waals surface area contributed by atoms with Gasteiger partial charge in [0.15, 0.2) is 17.3 Å². The van der Waals surface area contributed by atoms with Gasteiger partial charge < -0.3 is 23.6 Å². The summed E-state index contributed by atoms with van der Waals surface area (Å²) in [6, 6.07) is 13.1. The molecule has 1 fully saturated rings. The first-order valence-corrected chi connectivity index (χ1v) is 10.9. The molecule has 33 heavy (non-hydrogen) atoms. The van der Waals surface area contributed by atoms with Crippen molar-refractivity contribution in [1.29, 1.82) is 0 Å². The number of hydrogen-bond donors (Lipinski definition) is 0. The van der Waals surface area contributed by atoms with Crippen molar-refractivity contribution < 1.29 is 28.3 Å². The molecule has 1 aromatic heterocycles. The third-order valence-electron chi connectivity index (χ3n) is 6.01. The molecule has 1 unspecified atom stereocenters. The lowest BCUT2D eigenvalue weighted by atomic mass is 10.1. The molecule has 0 bridgehead atoms. The van der Waals surface area contributed by atoms with Gasteiger partial charge >= 0.3 is 5.97 Å². The van der Waals surface area contributed by atoms with E-state index in [1.165, 1.54) is 0 Å². The van der Waals surface area contributed by atoms with Crippen molar-refractivity contribution >= 4 is 17.6 Å². The fourth-order valence-corrected chi connectivity index (χ4v) is 3.98. The highest BCUT2D eigenvalue weighted by atomic mass is 16.6. The van der Waals surface area contributed by atoms with Gasteiger partial charge in [0.1, 0.15) is 25.5 Å². The van der Waals surface area contributed by atoms with E-state index in [1.807, 2.05) is 50.2 Å². The number of carbonyl (C=O) groups is 2. The molecule has 2 aliphatic rings. The molecule has 0 N–H and O–H groups in total. The van der Waals surface area contributed by atoms with Crippen LogP contribution in [0.1, 0.15) is 23.2 Å². The predicted molar refractivity (Wildman–Crippen MR) is 119 cm³/mol. The largest absolute Gasteiger partial charge is 0.486 e. The minimum Gasteiger partial charge on any atom is -0.486 e. The van der Waals surface area contributed by atoms with Crippen LogP contribution in [-0.4, -0.2) is 36.8 Å². The van der Waals surface area contributed by atoms with Crippen molar-refractivity contribution in [1.82, 2.24) is 5.16 Å². The zero-order valence-electron chi connectivity index (χ0n) is 18.5. The van der Waals surface area contributed by atoms with Gasteiger partial charge in [-0.15, -0.1) is 0 Å². The molecule has 1 amide bonds. The van der Waals surface area contributed by atoms with Gasteiger partial charge in [-0.1, -0.05) is 11.2 Å². The zero-order valence-corrected chi connectivity index (χ0v) is 18.5. The Morgan fingerprint density at radius 3 is 2.70 bits per heavy atom. The number of anilines is 1. The Kier molecular flexibility index (Phi) is 5.50. The lowest BCUT2D eigenvalue weighted by Crippen LogP contribution is -2.26. The highest BCUT2D eigenvalue weighted by Gasteiger charge is 2.36. The summed E-state index contributed by atoms with van der Waals surface area (Å²) in [5.74, 6) is 0.876. The van der Waals surface area contributed by atoms with Gasteiger partial charge in [-0.3, -0.25) is 9.59 Å². The second-order valence-electron chi connectivity index (χ2n) is 8.32. The Morgan fingerprint density at radius 1 is 1.06 bits per heavy atom. The van der Waals surface area contributed by atoms with Crippen molar-refractivity contribution in [2.75, 3.05) is 24.7 Å². The minimum atomic E-state index is -0.511. The molecular weight excluding hydrogens is 424 g/mol. The fourth-order valence-electron chi connectivity index (χ4n) is 3.98. The first-order chi connectivity index (χ1) is 16.0. The molecule has 3 heterocycles. The van der Waals surface area contributed by atoms with E-state index in [0.717, 1.165) is 22.4 Å². The Morgan fingerprint density at radius 2 is 1.88 bits per heavy atom. The number of fused-ring (bicyclic) bond motifs is 1. The predicted octanol–water partition coefficient (Wildman–Crippen LogP) is 3.83. The van der Waals surface area contributed by atoms with E-state index in [-0.39, 0.29) is 18.9 Å². The van der Waals surface area contributed by atoms with Crippen LogP contribution in [-0.2, 0) is 20.9 Å². The van der Waals surface area contributed by atoms with Gasteiger partial charge in [-0.25, -0.2) is 0 Å². The van der Waals surface area contributed by atoms with Gasteiger partial charge in [0.25, 0.3) is 0 Å². The van der Waals surface area contributed by atoms with E-state index >= 15 is 0 Å². The number of esters is 1. The van der Waals surface area contributed by atoms with Crippen LogP contribution < -0.4 is 14.4 Å². The molecule has 8 nitrogen and oxygen atoms in total. The van der Waals surface area contributed by atoms with Crippen LogP contribution in [0.5, 0.6) is 11.5 Å². The van der Waals surface area contributed by atoms with E-state index in [4.69, 9.17) is 18.7 Å². The lowest BCUT2D eigenvalue weighted by molar-refractivity contribution is -0.149. The van der Waals surface area contributed by atoms with Crippen molar-refractivity contribution in [2.45, 2.75) is 26.9 Å². The van der Waals surface area contributed by atoms with Gasteiger partial charge in [-0.05, 0) is 55.3 Å². The summed E-state index contributed by atoms with van der Waals surface area (Å²) < 4.78 is 22.0. The van der Waals surface area contributed by atoms with Crippen molar-refractivity contribution in [2.24, 2.45) is 5.92 Å². The summed E-state index contributed by atoms with van der Waals surface area (Å²) in [4.78, 5) is 26.8. The molecule has 170 valence electrons. The number of aryl methyl sites for hydroxylation is 2. The summed E-state index contributed by atoms with van der Waals surface area (Å²) in [6.07, 6.45) is 0.132. The average Bonchev–Trinajstić information content (AvgIpc) is 3.46. The van der Waals surface area contributed by atoms with Gasteiger partial charge in [0.2, 0.25) is 5.91 Å². The second-order valence-corrected chi connectivity index (χ2v) is 8.32. The highest BCUT2D eigenvalue weighted by molar-refractivity contribution is 5.99. The Balaban J connectivity index is 1.20. The van der Waals surface area contributed by atoms with E-state index in [9.17, 15) is 9.59 Å². The molecule has 3 aromatic rings. The molecule has 0 saturated carbocycles. The van der Waals surface area contributed by atoms with Crippen LogP contribution in [0, 0.1) is 19.8 Å². The number of carbonyl (C=O) groups excluding carboxylic acids is 2. The number of aromatic nitrogens is 1. The maximum atomic E-state index is 12.6. The van der Waals surface area contributed by atoms with Crippen molar-refractivity contribution in [3.05, 3.63) is 59.3 Å². The van der Waals surface area contributed by atoms with Gasteiger partial charge in [0.05, 0.1) is 5.92 Å². The van der Waals surface area contributed by atoms with Crippen LogP contribution in [0.25, 0.3) is 11.3 Å². The molecule has 0 aliphatic carbocycles. The normalized spacial score (nSPS) is 17.3. The molecule has 1 atom stereocenters. The van der Waals surface area contributed by atoms with E-state index in [0.29, 0.717) is 42.7 Å². The van der Waals surface area contributed by atoms with Gasteiger partial charge in [0, 0.05) is 30.3 Å². The summed E-state index contributed by atoms with van der Waals surface area (Å²) in [7, 11) is 0. The van der Waals surface area contributed by atoms with Crippen LogP contribution >= 0.6 is 0 Å². The fraction of sp³-hybridized carbons (Fsp3) is 0.320. The standard InChI is InChI=1S/C25H24N2O6/c1-15-3-5-20(9-16(15)2)27-13-18(11-24(27)28)25(29)32-14-19-12-22(33-26-19)17-4-6-21-23(10-17)31-8-7-30-21/h3-6,9-10,12,18H,7-8,11,13-14H2,1-2H3. The molecule has 2 aliphatic heterocycles. The third kappa shape index (κ3) is 4.28. The smallest absolute Gasteiger partial charge is 0.311 e. The summed E-state index contributed by atoms with van der Waals surface area (Å²) in [5, 5.41) is 4.00. The van der Waals surface area contributed by atoms with Gasteiger partial charge in [-0.2, -0.15) is 0 Å². The zero-order chi connectivity index (χ0) is 22.9. The van der Waals surface area contributed by atoms with E-state index < -0.39 is 11.9 Å². The SMILES string of the molecule is Cc1ccc(N2CC(C(=O)OCc3cc(-c4ccc5c(c4)OCCO5)on3)CC2=O)cc1C. The van der Waals surface area contributed by atoms with E-state index in [2.05, 4.69) is 5.16 Å². The molecule has 5 rings (SSSR count). The quantitative estimate of drug-likeness (QED) is 0.548. The van der Waals surface area contributed by atoms with Crippen molar-refractivity contribution in [3.63, 3.8) is 0 Å². The Bertz CT molecular complexity index is 1220. The van der Waals surface area contributed by atoms with Crippen LogP contribution in [0.4, 0.5) is 5.69 Å². The number of ether oxygens (including phenoxy) is 3. The maximum absolute atomic E-state index is 12.6. The monoisotopic (exact) mass is 448 g/mol. The van der Waals surface area contributed by atoms with E-state index in [1.54, 1.807) is 11.0 Å². The Labute approximate surface area is 191 Å². The number of hydrogen-bond acceptors (Lipinski definition) is 7. The minimum absolute atomic E-state index is 0.0266. The molecule has 8 heteroatoms. The maximum Gasteiger partial charge on any atom is 0.311 e. The topological polar surface area (TPSA) is 91.1 Å². The second kappa shape index (κ2) is 8.61. The highest BCUT2D eigenvalue weighted by Crippen LogP contribution is 2.35. The molecule has 0 spiro atoms. The summed E-state index contributed by atoms with van der Waals surface area (Å²) >= 11 is 0. The number of nitrogens with zero attached hydrogens (tertiary/aromatic N) is 2. The molecule has 1 saturated heterocycles. The summed E-state index contributed by atoms with van der Waals surface area (Å²) in [5.41, 5.74) is 4.34. The lowest BCUT2D eigenvalue weighted by Gasteiger charge is -2.18. The van der Waals surface area contributed by atoms with Crippen LogP contribution in [0.3, 0.4) is 0 Å².